The molecule has 24 heavy (non-hydrogen) atoms. The van der Waals surface area contributed by atoms with Crippen molar-refractivity contribution in [2.45, 2.75) is 38.6 Å². The van der Waals surface area contributed by atoms with Crippen LogP contribution in [0.5, 0.6) is 5.75 Å². The molecule has 5 nitrogen and oxygen atoms in total. The summed E-state index contributed by atoms with van der Waals surface area (Å²) >= 11 is 0. The van der Waals surface area contributed by atoms with Gasteiger partial charge in [-0.2, -0.15) is 13.2 Å². The van der Waals surface area contributed by atoms with E-state index in [0.29, 0.717) is 6.42 Å². The first-order valence-corrected chi connectivity index (χ1v) is 9.04. The lowest BCUT2D eigenvalue weighted by atomic mass is 10.1. The molecule has 0 atom stereocenters. The summed E-state index contributed by atoms with van der Waals surface area (Å²) in [4.78, 5) is 11.9. The van der Waals surface area contributed by atoms with Crippen LogP contribution in [0.3, 0.4) is 0 Å². The summed E-state index contributed by atoms with van der Waals surface area (Å²) in [7, 11) is -3.66. The Bertz CT molecular complexity index is 684. The number of hydrogen-bond donors (Lipinski definition) is 1. The molecule has 1 rings (SSSR count). The Labute approximate surface area is 139 Å². The number of ether oxygens (including phenoxy) is 1. The molecule has 1 aromatic rings. The predicted molar refractivity (Wildman–Crippen MR) is 84.8 cm³/mol. The number of amides is 1. The number of anilines is 1. The van der Waals surface area contributed by atoms with Crippen LogP contribution < -0.4 is 10.1 Å². The van der Waals surface area contributed by atoms with Crippen molar-refractivity contribution in [3.05, 3.63) is 23.8 Å². The van der Waals surface area contributed by atoms with Crippen LogP contribution in [0, 0.1) is 0 Å². The molecule has 1 N–H and O–H groups in total. The molecule has 0 aliphatic carbocycles. The van der Waals surface area contributed by atoms with Crippen molar-refractivity contribution in [3.63, 3.8) is 0 Å². The number of benzene rings is 1. The average Bonchev–Trinajstić information content (AvgIpc) is 2.44. The molecule has 1 amide bonds. The van der Waals surface area contributed by atoms with Gasteiger partial charge in [0, 0.05) is 0 Å². The summed E-state index contributed by atoms with van der Waals surface area (Å²) in [5.74, 6) is -1.67. The third kappa shape index (κ3) is 5.70. The van der Waals surface area contributed by atoms with Gasteiger partial charge in [0.15, 0.2) is 9.84 Å². The number of alkyl halides is 3. The van der Waals surface area contributed by atoms with Crippen LogP contribution in [0.2, 0.25) is 0 Å². The Morgan fingerprint density at radius 1 is 1.29 bits per heavy atom. The number of rotatable bonds is 7. The largest absolute Gasteiger partial charge is 0.491 e. The van der Waals surface area contributed by atoms with Crippen LogP contribution >= 0.6 is 0 Å². The molecule has 1 aromatic carbocycles. The zero-order chi connectivity index (χ0) is 18.5. The van der Waals surface area contributed by atoms with Gasteiger partial charge in [-0.1, -0.05) is 6.92 Å². The quantitative estimate of drug-likeness (QED) is 0.803. The van der Waals surface area contributed by atoms with Gasteiger partial charge in [-0.25, -0.2) is 8.42 Å². The third-order valence-corrected chi connectivity index (χ3v) is 5.19. The summed E-state index contributed by atoms with van der Waals surface area (Å²) in [5.41, 5.74) is -1.17. The lowest BCUT2D eigenvalue weighted by Crippen LogP contribution is -2.28. The van der Waals surface area contributed by atoms with E-state index in [2.05, 4.69) is 5.32 Å². The zero-order valence-corrected chi connectivity index (χ0v) is 14.4. The highest BCUT2D eigenvalue weighted by molar-refractivity contribution is 7.92. The minimum absolute atomic E-state index is 0.0557. The van der Waals surface area contributed by atoms with Crippen LogP contribution in [0.1, 0.15) is 32.8 Å². The van der Waals surface area contributed by atoms with Crippen molar-refractivity contribution in [2.24, 2.45) is 0 Å². The Morgan fingerprint density at radius 3 is 2.42 bits per heavy atom. The summed E-state index contributed by atoms with van der Waals surface area (Å²) in [6.45, 7) is 4.90. The molecule has 0 heterocycles. The third-order valence-electron chi connectivity index (χ3n) is 3.09. The molecule has 0 fully saturated rings. The number of hydrogen-bond acceptors (Lipinski definition) is 4. The number of sulfone groups is 1. The number of carbonyl (C=O) groups is 1. The van der Waals surface area contributed by atoms with E-state index in [0.717, 1.165) is 18.2 Å². The number of halogens is 3. The highest BCUT2D eigenvalue weighted by Crippen LogP contribution is 2.35. The second kappa shape index (κ2) is 7.87. The maximum Gasteiger partial charge on any atom is 0.416 e. The Balaban J connectivity index is 3.07. The van der Waals surface area contributed by atoms with Gasteiger partial charge in [0.1, 0.15) is 11.5 Å². The molecule has 0 unspecified atom stereocenters. The lowest BCUT2D eigenvalue weighted by Gasteiger charge is -2.15. The molecular weight excluding hydrogens is 347 g/mol. The molecule has 0 radical (unpaired) electrons. The van der Waals surface area contributed by atoms with Crippen molar-refractivity contribution < 1.29 is 31.1 Å². The Morgan fingerprint density at radius 2 is 1.92 bits per heavy atom. The van der Waals surface area contributed by atoms with Crippen molar-refractivity contribution in [1.29, 1.82) is 0 Å². The van der Waals surface area contributed by atoms with Crippen molar-refractivity contribution in [1.82, 2.24) is 0 Å². The topological polar surface area (TPSA) is 72.5 Å². The first-order valence-electron chi connectivity index (χ1n) is 7.32. The summed E-state index contributed by atoms with van der Waals surface area (Å²) in [6.07, 6.45) is -3.97. The van der Waals surface area contributed by atoms with Crippen molar-refractivity contribution in [2.75, 3.05) is 17.7 Å². The molecule has 0 saturated heterocycles. The molecule has 9 heteroatoms. The SMILES string of the molecule is CCCOc1ccc(C(F)(F)F)cc1NC(=O)CS(=O)(=O)C(C)C. The van der Waals surface area contributed by atoms with Crippen LogP contribution in [0.15, 0.2) is 18.2 Å². The van der Waals surface area contributed by atoms with E-state index >= 15 is 0 Å². The number of nitrogens with one attached hydrogen (secondary N) is 1. The first kappa shape index (κ1) is 20.3. The normalized spacial score (nSPS) is 12.3. The minimum Gasteiger partial charge on any atom is -0.491 e. The van der Waals surface area contributed by atoms with Gasteiger partial charge in [0.05, 0.1) is 23.1 Å². The van der Waals surface area contributed by atoms with Crippen LogP contribution in [0.4, 0.5) is 18.9 Å². The van der Waals surface area contributed by atoms with Crippen molar-refractivity contribution in [3.8, 4) is 5.75 Å². The van der Waals surface area contributed by atoms with Gasteiger partial charge in [0.25, 0.3) is 0 Å². The standard InChI is InChI=1S/C15H20F3NO4S/c1-4-7-23-13-6-5-11(15(16,17)18)8-12(13)19-14(20)9-24(21,22)10(2)3/h5-6,8,10H,4,7,9H2,1-3H3,(H,19,20). The predicted octanol–water partition coefficient (Wildman–Crippen LogP) is 3.26. The summed E-state index contributed by atoms with van der Waals surface area (Å²) in [5, 5.41) is 1.44. The monoisotopic (exact) mass is 367 g/mol. The summed E-state index contributed by atoms with van der Waals surface area (Å²) in [6, 6.07) is 2.67. The molecule has 0 aliphatic heterocycles. The van der Waals surface area contributed by atoms with E-state index in [1.165, 1.54) is 13.8 Å². The van der Waals surface area contributed by atoms with Crippen LogP contribution in [-0.4, -0.2) is 31.9 Å². The zero-order valence-electron chi connectivity index (χ0n) is 13.6. The Hall–Kier alpha value is -1.77. The maximum absolute atomic E-state index is 12.8. The van der Waals surface area contributed by atoms with Gasteiger partial charge in [-0.3, -0.25) is 4.79 Å². The van der Waals surface area contributed by atoms with Crippen LogP contribution in [0.25, 0.3) is 0 Å². The highest BCUT2D eigenvalue weighted by atomic mass is 32.2. The van der Waals surface area contributed by atoms with Gasteiger partial charge < -0.3 is 10.1 Å². The summed E-state index contributed by atoms with van der Waals surface area (Å²) < 4.78 is 67.2. The fourth-order valence-electron chi connectivity index (χ4n) is 1.68. The first-order chi connectivity index (χ1) is 11.0. The van der Waals surface area contributed by atoms with E-state index in [4.69, 9.17) is 4.74 Å². The molecule has 0 bridgehead atoms. The van der Waals surface area contributed by atoms with E-state index in [-0.39, 0.29) is 18.0 Å². The minimum atomic E-state index is -4.59. The van der Waals surface area contributed by atoms with Gasteiger partial charge in [-0.05, 0) is 38.5 Å². The molecule has 0 spiro atoms. The smallest absolute Gasteiger partial charge is 0.416 e. The molecule has 0 aliphatic rings. The van der Waals surface area contributed by atoms with Gasteiger partial charge in [-0.15, -0.1) is 0 Å². The molecule has 0 aromatic heterocycles. The van der Waals surface area contributed by atoms with Gasteiger partial charge in [0.2, 0.25) is 5.91 Å². The lowest BCUT2D eigenvalue weighted by molar-refractivity contribution is -0.137. The molecule has 0 saturated carbocycles. The molecule has 136 valence electrons. The average molecular weight is 367 g/mol. The second-order valence-electron chi connectivity index (χ2n) is 5.46. The Kier molecular flexibility index (Phi) is 6.65. The fourth-order valence-corrected chi connectivity index (χ4v) is 2.45. The number of carbonyl (C=O) groups excluding carboxylic acids is 1. The van der Waals surface area contributed by atoms with Crippen LogP contribution in [-0.2, 0) is 20.8 Å². The van der Waals surface area contributed by atoms with E-state index in [9.17, 15) is 26.4 Å². The fraction of sp³-hybridized carbons (Fsp3) is 0.533. The van der Waals surface area contributed by atoms with E-state index in [1.807, 2.05) is 6.92 Å². The maximum atomic E-state index is 12.8. The molecular formula is C15H20F3NO4S. The van der Waals surface area contributed by atoms with Crippen molar-refractivity contribution >= 4 is 21.4 Å². The second-order valence-corrected chi connectivity index (χ2v) is 8.02. The highest BCUT2D eigenvalue weighted by Gasteiger charge is 2.31. The van der Waals surface area contributed by atoms with E-state index in [1.54, 1.807) is 0 Å². The van der Waals surface area contributed by atoms with E-state index < -0.39 is 38.5 Å². The van der Waals surface area contributed by atoms with Gasteiger partial charge >= 0.3 is 6.18 Å².